The number of cyclic esters (lactones) is 1. The number of rotatable bonds is 7. The van der Waals surface area contributed by atoms with Gasteiger partial charge in [-0.2, -0.15) is 0 Å². The van der Waals surface area contributed by atoms with Crippen LogP contribution < -0.4 is 0 Å². The molecule has 1 amide bonds. The van der Waals surface area contributed by atoms with Gasteiger partial charge in [-0.25, -0.2) is 4.79 Å². The van der Waals surface area contributed by atoms with E-state index in [0.29, 0.717) is 56.9 Å². The van der Waals surface area contributed by atoms with E-state index in [0.717, 1.165) is 5.57 Å². The number of carbonyl (C=O) groups excluding carboxylic acids is 4. The molecule has 326 valence electrons. The number of carbonyl (C=O) groups is 4. The van der Waals surface area contributed by atoms with Gasteiger partial charge in [0, 0.05) is 52.0 Å². The van der Waals surface area contributed by atoms with E-state index in [1.54, 1.807) is 27.0 Å². The summed E-state index contributed by atoms with van der Waals surface area (Å²) in [6.07, 6.45) is 4.93. The van der Waals surface area contributed by atoms with Crippen molar-refractivity contribution in [2.45, 2.75) is 160 Å². The Morgan fingerprint density at radius 2 is 1.60 bits per heavy atom. The number of nitrogens with zero attached hydrogens (tertiary/aromatic N) is 1. The van der Waals surface area contributed by atoms with Crippen LogP contribution in [0, 0.1) is 29.6 Å². The zero-order chi connectivity index (χ0) is 42.2. The van der Waals surface area contributed by atoms with Crippen LogP contribution in [0.25, 0.3) is 0 Å². The number of ketones is 2. The van der Waals surface area contributed by atoms with Crippen LogP contribution in [0.5, 0.6) is 0 Å². The van der Waals surface area contributed by atoms with E-state index in [2.05, 4.69) is 6.58 Å². The third-order valence-electron chi connectivity index (χ3n) is 12.9. The number of piperidine rings is 1. The number of ether oxygens (including phenoxy) is 5. The molecule has 1 saturated carbocycles. The summed E-state index contributed by atoms with van der Waals surface area (Å²) in [7, 11) is 4.61. The molecular weight excluding hydrogens is 775 g/mol. The number of amides is 1. The molecule has 0 aromatic carbocycles. The zero-order valence-corrected chi connectivity index (χ0v) is 38.3. The molecule has 14 atom stereocenters. The smallest absolute Gasteiger partial charge is 1.00 e. The number of allylic oxidation sites excluding steroid dienone is 4. The fourth-order valence-corrected chi connectivity index (χ4v) is 9.42. The van der Waals surface area contributed by atoms with Crippen LogP contribution in [0.4, 0.5) is 0 Å². The third-order valence-corrected chi connectivity index (χ3v) is 12.9. The average Bonchev–Trinajstić information content (AvgIpc) is 3.18. The molecule has 14 heteroatoms. The molecule has 3 heterocycles. The van der Waals surface area contributed by atoms with Crippen molar-refractivity contribution in [3.05, 3.63) is 36.0 Å². The Kier molecular flexibility index (Phi) is 20.2. The van der Waals surface area contributed by atoms with Crippen molar-refractivity contribution >= 4 is 61.2 Å². The predicted molar refractivity (Wildman–Crippen MR) is 221 cm³/mol. The fourth-order valence-electron chi connectivity index (χ4n) is 9.42. The maximum absolute atomic E-state index is 14.3. The minimum absolute atomic E-state index is 0. The van der Waals surface area contributed by atoms with Gasteiger partial charge < -0.3 is 46.8 Å². The zero-order valence-electron chi connectivity index (χ0n) is 38.1. The number of hydrogen-bond donors (Lipinski definition) is 3. The summed E-state index contributed by atoms with van der Waals surface area (Å²) < 4.78 is 29.7. The normalized spacial score (nSPS) is 40.3. The van der Waals surface area contributed by atoms with Gasteiger partial charge in [0.25, 0.3) is 11.7 Å². The van der Waals surface area contributed by atoms with Crippen molar-refractivity contribution in [1.29, 1.82) is 0 Å². The molecule has 3 N–H and O–H groups in total. The molecule has 0 radical (unpaired) electrons. The molecule has 13 nitrogen and oxygen atoms in total. The number of Topliss-reactive ketones (excluding diaryl/α,β-unsaturated/α-hetero) is 2. The number of methoxy groups -OCH3 is 3. The Hall–Kier alpha value is -1.52. The van der Waals surface area contributed by atoms with Crippen LogP contribution in [0.15, 0.2) is 36.0 Å². The molecule has 4 aliphatic rings. The van der Waals surface area contributed by atoms with Gasteiger partial charge in [-0.1, -0.05) is 44.6 Å². The summed E-state index contributed by atoms with van der Waals surface area (Å²) in [5.41, 5.74) is 1.61. The van der Waals surface area contributed by atoms with E-state index < -0.39 is 83.9 Å². The largest absolute Gasteiger partial charge is 2.00 e. The van der Waals surface area contributed by atoms with Crippen LogP contribution in [0.3, 0.4) is 0 Å². The summed E-state index contributed by atoms with van der Waals surface area (Å²) in [4.78, 5) is 57.8. The van der Waals surface area contributed by atoms with E-state index in [1.165, 1.54) is 19.1 Å². The summed E-state index contributed by atoms with van der Waals surface area (Å²) in [5, 5.41) is 34.1. The molecule has 0 spiro atoms. The molecule has 3 aliphatic heterocycles. The van der Waals surface area contributed by atoms with Crippen molar-refractivity contribution in [2.24, 2.45) is 29.6 Å². The minimum Gasteiger partial charge on any atom is -1.00 e. The summed E-state index contributed by atoms with van der Waals surface area (Å²) >= 11 is 0. The maximum atomic E-state index is 14.3. The van der Waals surface area contributed by atoms with Gasteiger partial charge in [0.1, 0.15) is 24.0 Å². The van der Waals surface area contributed by atoms with E-state index >= 15 is 0 Å². The van der Waals surface area contributed by atoms with Gasteiger partial charge in [-0.15, -0.1) is 6.58 Å². The Bertz CT molecular complexity index is 1500. The summed E-state index contributed by atoms with van der Waals surface area (Å²) in [6, 6.07) is -1.14. The predicted octanol–water partition coefficient (Wildman–Crippen LogP) is 4.48. The van der Waals surface area contributed by atoms with Crippen molar-refractivity contribution in [3.63, 3.8) is 0 Å². The second kappa shape index (κ2) is 23.1. The Morgan fingerprint density at radius 1 is 0.948 bits per heavy atom. The summed E-state index contributed by atoms with van der Waals surface area (Å²) in [5.74, 6) is -7.76. The second-order valence-electron chi connectivity index (χ2n) is 17.3. The minimum atomic E-state index is -2.51. The van der Waals surface area contributed by atoms with Gasteiger partial charge in [0.05, 0.1) is 30.5 Å². The summed E-state index contributed by atoms with van der Waals surface area (Å²) in [6.45, 7) is 13.1. The van der Waals surface area contributed by atoms with Gasteiger partial charge in [-0.3, -0.25) is 14.4 Å². The first-order valence-corrected chi connectivity index (χ1v) is 20.9. The third kappa shape index (κ3) is 12.3. The standard InChI is InChI=1S/C44H69NO12.Ca.2H/c1-10-13-31-19-25(2)18-26(3)20-37(54-8)40-38(55-9)22-28(5)44(52,57-40)41(49)42(50)45-17-12-11-14-32(45)43(51)56-39(29(6)34(47)24-35(31)48)27(4)21-30-15-16-33(46)36(23-30)53-7;;;/h10,19,21,26,28-34,36-40,46-47,52H,1,11-18,20,22-24H2,2-9H3;;;/q;+2;2*-1/b25-19+,27-21+;;;/t26-,28+,29+,30?,31+,32-,33+,34-,36+,37-,38-,39+,40+,44+;;;/m0.../s1. The van der Waals surface area contributed by atoms with E-state index in [-0.39, 0.29) is 90.1 Å². The molecule has 2 saturated heterocycles. The first-order chi connectivity index (χ1) is 27.0. The number of esters is 1. The van der Waals surface area contributed by atoms with Gasteiger partial charge in [0.2, 0.25) is 5.79 Å². The Balaban J connectivity index is 0.00000600. The number of fused-ring (bicyclic) bond motifs is 3. The van der Waals surface area contributed by atoms with Crippen LogP contribution >= 0.6 is 0 Å². The average molecular weight is 846 g/mol. The van der Waals surface area contributed by atoms with Gasteiger partial charge in [0.15, 0.2) is 0 Å². The number of aliphatic hydroxyl groups excluding tert-OH is 2. The van der Waals surface area contributed by atoms with Crippen molar-refractivity contribution < 1.29 is 61.0 Å². The fraction of sp³-hybridized carbons (Fsp3) is 0.773. The van der Waals surface area contributed by atoms with Crippen LogP contribution in [0.1, 0.15) is 108 Å². The van der Waals surface area contributed by atoms with Gasteiger partial charge >= 0.3 is 43.7 Å². The Labute approximate surface area is 378 Å². The molecule has 0 aromatic heterocycles. The van der Waals surface area contributed by atoms with Crippen LogP contribution in [-0.4, -0.2) is 164 Å². The first-order valence-electron chi connectivity index (χ1n) is 20.9. The maximum Gasteiger partial charge on any atom is 2.00 e. The number of aliphatic hydroxyl groups is 3. The molecular formula is C44H71CaNO12. The molecule has 1 aliphatic carbocycles. The second-order valence-corrected chi connectivity index (χ2v) is 17.3. The molecule has 1 unspecified atom stereocenters. The molecule has 2 bridgehead atoms. The topological polar surface area (TPSA) is 178 Å². The quantitative estimate of drug-likeness (QED) is 0.142. The SMILES string of the molecule is C=CC[C@@H]1/C=C(\C)C[C@H](C)C[C@H](OC)[C@H]2O[C@@](O)(C(=O)C(=O)N3CCCC[C@H]3C(=O)O[C@H](/C(C)=C/C3CC[C@@H](O)[C@H](OC)C3)[C@H](C)[C@@H](O)CC1=O)[C@H](C)C[C@@H]2OC.[Ca+2].[H-].[H-]. The molecule has 58 heavy (non-hydrogen) atoms. The van der Waals surface area contributed by atoms with E-state index in [4.69, 9.17) is 23.7 Å². The van der Waals surface area contributed by atoms with Crippen molar-refractivity contribution in [3.8, 4) is 0 Å². The molecule has 0 aromatic rings. The monoisotopic (exact) mass is 845 g/mol. The van der Waals surface area contributed by atoms with Crippen molar-refractivity contribution in [2.75, 3.05) is 27.9 Å². The Morgan fingerprint density at radius 3 is 2.24 bits per heavy atom. The van der Waals surface area contributed by atoms with E-state index in [9.17, 15) is 34.5 Å². The number of hydrogen-bond acceptors (Lipinski definition) is 12. The molecule has 3 fully saturated rings. The van der Waals surface area contributed by atoms with Gasteiger partial charge in [-0.05, 0) is 95.5 Å². The first kappa shape index (κ1) is 50.8. The molecule has 4 rings (SSSR count). The van der Waals surface area contributed by atoms with Crippen molar-refractivity contribution in [1.82, 2.24) is 4.90 Å². The van der Waals surface area contributed by atoms with E-state index in [1.807, 2.05) is 32.9 Å². The van der Waals surface area contributed by atoms with Crippen LogP contribution in [0.2, 0.25) is 0 Å². The van der Waals surface area contributed by atoms with Crippen LogP contribution in [-0.2, 0) is 42.9 Å².